The molecule has 0 radical (unpaired) electrons. The fraction of sp³-hybridized carbons (Fsp3) is 0.316. The zero-order valence-corrected chi connectivity index (χ0v) is 16.0. The van der Waals surface area contributed by atoms with Gasteiger partial charge in [0.25, 0.3) is 5.95 Å². The molecule has 1 unspecified atom stereocenters. The molecule has 2 aliphatic heterocycles. The first kappa shape index (κ1) is 18.4. The van der Waals surface area contributed by atoms with E-state index in [0.717, 1.165) is 18.8 Å². The Morgan fingerprint density at radius 3 is 2.64 bits per heavy atom. The number of nitrogens with one attached hydrogen (secondary N) is 2. The number of amidine groups is 1. The number of rotatable bonds is 5. The molecule has 2 saturated heterocycles. The number of nitrogens with zero attached hydrogens (tertiary/aromatic N) is 4. The van der Waals surface area contributed by atoms with Crippen LogP contribution in [0, 0.1) is 0 Å². The highest BCUT2D eigenvalue weighted by Crippen LogP contribution is 2.25. The van der Waals surface area contributed by atoms with E-state index in [4.69, 9.17) is 0 Å². The summed E-state index contributed by atoms with van der Waals surface area (Å²) in [7, 11) is 0. The van der Waals surface area contributed by atoms with Gasteiger partial charge in [0.05, 0.1) is 0 Å². The van der Waals surface area contributed by atoms with Crippen LogP contribution in [0.25, 0.3) is 0 Å². The number of amides is 2. The van der Waals surface area contributed by atoms with Gasteiger partial charge < -0.3 is 15.5 Å². The first-order valence-corrected chi connectivity index (χ1v) is 10.0. The quantitative estimate of drug-likeness (QED) is 0.805. The third-order valence-electron chi connectivity index (χ3n) is 4.52. The lowest BCUT2D eigenvalue weighted by molar-refractivity contribution is -0.122. The minimum Gasteiger partial charge on any atom is -0.372 e. The molecule has 2 N–H and O–H groups in total. The summed E-state index contributed by atoms with van der Waals surface area (Å²) in [6, 6.07) is 9.51. The third-order valence-corrected chi connectivity index (χ3v) is 5.61. The normalized spacial score (nSPS) is 20.4. The van der Waals surface area contributed by atoms with E-state index in [1.807, 2.05) is 24.3 Å². The van der Waals surface area contributed by atoms with Gasteiger partial charge in [0.15, 0.2) is 5.17 Å². The van der Waals surface area contributed by atoms with E-state index >= 15 is 0 Å². The SMILES string of the molecule is O=C(CC1S/C(=N\c2ncccn2)NC1=O)Nc1ccc(N2CCCC2)cc1. The number of carbonyl (C=O) groups is 2. The Kier molecular flexibility index (Phi) is 5.52. The van der Waals surface area contributed by atoms with E-state index in [1.54, 1.807) is 18.5 Å². The molecule has 0 saturated carbocycles. The average Bonchev–Trinajstić information content (AvgIpc) is 3.34. The minimum atomic E-state index is -0.522. The molecule has 0 spiro atoms. The summed E-state index contributed by atoms with van der Waals surface area (Å²) in [5.41, 5.74) is 1.90. The molecule has 0 bridgehead atoms. The Labute approximate surface area is 166 Å². The van der Waals surface area contributed by atoms with Crippen molar-refractivity contribution in [2.45, 2.75) is 24.5 Å². The van der Waals surface area contributed by atoms with Crippen LogP contribution in [0.3, 0.4) is 0 Å². The number of anilines is 2. The van der Waals surface area contributed by atoms with Crippen molar-refractivity contribution in [2.75, 3.05) is 23.3 Å². The van der Waals surface area contributed by atoms with Gasteiger partial charge in [-0.25, -0.2) is 9.97 Å². The van der Waals surface area contributed by atoms with Crippen LogP contribution < -0.4 is 15.5 Å². The molecular formula is C19H20N6O2S. The zero-order valence-electron chi connectivity index (χ0n) is 15.2. The number of hydrogen-bond acceptors (Lipinski definition) is 7. The second-order valence-corrected chi connectivity index (χ2v) is 7.75. The van der Waals surface area contributed by atoms with Crippen molar-refractivity contribution in [1.82, 2.24) is 15.3 Å². The first-order valence-electron chi connectivity index (χ1n) is 9.15. The average molecular weight is 396 g/mol. The van der Waals surface area contributed by atoms with Crippen LogP contribution in [0.2, 0.25) is 0 Å². The van der Waals surface area contributed by atoms with Crippen molar-refractivity contribution in [3.05, 3.63) is 42.7 Å². The maximum Gasteiger partial charge on any atom is 0.251 e. The number of carbonyl (C=O) groups excluding carboxylic acids is 2. The monoisotopic (exact) mass is 396 g/mol. The summed E-state index contributed by atoms with van der Waals surface area (Å²) < 4.78 is 0. The van der Waals surface area contributed by atoms with Crippen molar-refractivity contribution >= 4 is 46.1 Å². The highest BCUT2D eigenvalue weighted by atomic mass is 32.2. The molecule has 2 aliphatic rings. The molecule has 144 valence electrons. The van der Waals surface area contributed by atoms with Gasteiger partial charge in [0.2, 0.25) is 11.8 Å². The van der Waals surface area contributed by atoms with Crippen LogP contribution in [0.15, 0.2) is 47.7 Å². The van der Waals surface area contributed by atoms with Crippen molar-refractivity contribution in [3.8, 4) is 0 Å². The van der Waals surface area contributed by atoms with Gasteiger partial charge in [-0.15, -0.1) is 0 Å². The van der Waals surface area contributed by atoms with Crippen molar-refractivity contribution < 1.29 is 9.59 Å². The molecule has 8 nitrogen and oxygen atoms in total. The number of benzene rings is 1. The summed E-state index contributed by atoms with van der Waals surface area (Å²) in [4.78, 5) is 39.0. The summed E-state index contributed by atoms with van der Waals surface area (Å²) in [6.07, 6.45) is 5.67. The second-order valence-electron chi connectivity index (χ2n) is 6.55. The molecule has 2 amide bonds. The van der Waals surface area contributed by atoms with E-state index in [2.05, 4.69) is 30.5 Å². The van der Waals surface area contributed by atoms with Gasteiger partial charge in [0, 0.05) is 43.3 Å². The molecule has 9 heteroatoms. The molecule has 1 atom stereocenters. The first-order chi connectivity index (χ1) is 13.7. The molecule has 2 fully saturated rings. The predicted molar refractivity (Wildman–Crippen MR) is 110 cm³/mol. The molecule has 3 heterocycles. The fourth-order valence-electron chi connectivity index (χ4n) is 3.14. The van der Waals surface area contributed by atoms with Gasteiger partial charge in [-0.1, -0.05) is 11.8 Å². The van der Waals surface area contributed by atoms with Crippen LogP contribution >= 0.6 is 11.8 Å². The molecule has 1 aromatic carbocycles. The number of aliphatic imine (C=N–C) groups is 1. The Balaban J connectivity index is 1.32. The van der Waals surface area contributed by atoms with Gasteiger partial charge >= 0.3 is 0 Å². The highest BCUT2D eigenvalue weighted by molar-refractivity contribution is 8.15. The summed E-state index contributed by atoms with van der Waals surface area (Å²) >= 11 is 1.21. The summed E-state index contributed by atoms with van der Waals surface area (Å²) in [5, 5.41) is 5.41. The topological polar surface area (TPSA) is 99.6 Å². The number of aromatic nitrogens is 2. The van der Waals surface area contributed by atoms with E-state index < -0.39 is 5.25 Å². The highest BCUT2D eigenvalue weighted by Gasteiger charge is 2.32. The molecule has 28 heavy (non-hydrogen) atoms. The van der Waals surface area contributed by atoms with E-state index in [-0.39, 0.29) is 24.2 Å². The van der Waals surface area contributed by atoms with Gasteiger partial charge in [0.1, 0.15) is 5.25 Å². The number of thioether (sulfide) groups is 1. The lowest BCUT2D eigenvalue weighted by Crippen LogP contribution is -2.28. The van der Waals surface area contributed by atoms with E-state index in [9.17, 15) is 9.59 Å². The Morgan fingerprint density at radius 2 is 1.93 bits per heavy atom. The van der Waals surface area contributed by atoms with Crippen LogP contribution in [0.4, 0.5) is 17.3 Å². The maximum absolute atomic E-state index is 12.3. The standard InChI is InChI=1S/C19H20N6O2S/c26-16(22-13-4-6-14(7-5-13)25-10-1-2-11-25)12-15-17(27)23-19(28-15)24-18-20-8-3-9-21-18/h3-9,15H,1-2,10-12H2,(H,22,26)(H,20,21,23,24,27). The maximum atomic E-state index is 12.3. The summed E-state index contributed by atoms with van der Waals surface area (Å²) in [6.45, 7) is 2.16. The Hall–Kier alpha value is -2.94. The fourth-order valence-corrected chi connectivity index (χ4v) is 4.11. The van der Waals surface area contributed by atoms with Crippen molar-refractivity contribution in [2.24, 2.45) is 4.99 Å². The molecule has 1 aromatic heterocycles. The van der Waals surface area contributed by atoms with Crippen molar-refractivity contribution in [1.29, 1.82) is 0 Å². The van der Waals surface area contributed by atoms with Gasteiger partial charge in [-0.05, 0) is 43.2 Å². The van der Waals surface area contributed by atoms with Gasteiger partial charge in [-0.3, -0.25) is 9.59 Å². The van der Waals surface area contributed by atoms with E-state index in [0.29, 0.717) is 5.17 Å². The van der Waals surface area contributed by atoms with Crippen LogP contribution in [0.5, 0.6) is 0 Å². The lowest BCUT2D eigenvalue weighted by Gasteiger charge is -2.17. The molecule has 0 aliphatic carbocycles. The third kappa shape index (κ3) is 4.48. The minimum absolute atomic E-state index is 0.0685. The zero-order chi connectivity index (χ0) is 19.3. The smallest absolute Gasteiger partial charge is 0.251 e. The van der Waals surface area contributed by atoms with Crippen molar-refractivity contribution in [3.63, 3.8) is 0 Å². The largest absolute Gasteiger partial charge is 0.372 e. The Morgan fingerprint density at radius 1 is 1.21 bits per heavy atom. The summed E-state index contributed by atoms with van der Waals surface area (Å²) in [5.74, 6) is -0.175. The van der Waals surface area contributed by atoms with Crippen LogP contribution in [-0.2, 0) is 9.59 Å². The Bertz CT molecular complexity index is 881. The number of hydrogen-bond donors (Lipinski definition) is 2. The lowest BCUT2D eigenvalue weighted by atomic mass is 10.2. The molecular weight excluding hydrogens is 376 g/mol. The molecule has 4 rings (SSSR count). The molecule has 2 aromatic rings. The van der Waals surface area contributed by atoms with Gasteiger partial charge in [-0.2, -0.15) is 4.99 Å². The van der Waals surface area contributed by atoms with E-state index in [1.165, 1.54) is 30.3 Å². The second kappa shape index (κ2) is 8.39. The van der Waals surface area contributed by atoms with Crippen LogP contribution in [-0.4, -0.2) is 45.3 Å². The van der Waals surface area contributed by atoms with Crippen LogP contribution in [0.1, 0.15) is 19.3 Å². The predicted octanol–water partition coefficient (Wildman–Crippen LogP) is 2.32.